The summed E-state index contributed by atoms with van der Waals surface area (Å²) in [5.74, 6) is 0.586. The first-order valence-electron chi connectivity index (χ1n) is 33.3. The molecule has 2 amide bonds. The molecule has 5 aromatic carbocycles. The number of carboxylic acids is 1. The van der Waals surface area contributed by atoms with Gasteiger partial charge in [0.05, 0.1) is 0 Å². The van der Waals surface area contributed by atoms with E-state index < -0.39 is 17.2 Å². The van der Waals surface area contributed by atoms with Crippen LogP contribution in [0.15, 0.2) is 122 Å². The fourth-order valence-corrected chi connectivity index (χ4v) is 13.1. The molecular formula is C75H87N11O8. The summed E-state index contributed by atoms with van der Waals surface area (Å²) in [6, 6.07) is 33.2. The third-order valence-electron chi connectivity index (χ3n) is 18.3. The Morgan fingerprint density at radius 3 is 1.13 bits per heavy atom. The van der Waals surface area contributed by atoms with Gasteiger partial charge in [0.2, 0.25) is 0 Å². The summed E-state index contributed by atoms with van der Waals surface area (Å²) < 4.78 is 11.0. The number of Topliss-reactive ketones (excluding diaryl/α,β-unsaturated/α-hetero) is 2. The van der Waals surface area contributed by atoms with E-state index in [0.29, 0.717) is 66.7 Å². The van der Waals surface area contributed by atoms with Crippen molar-refractivity contribution in [1.29, 1.82) is 0 Å². The Hall–Kier alpha value is -9.36. The summed E-state index contributed by atoms with van der Waals surface area (Å²) in [5.41, 5.74) is 22.8. The molecule has 0 radical (unpaired) electrons. The molecule has 8 aromatic rings. The lowest BCUT2D eigenvalue weighted by Crippen LogP contribution is -2.50. The predicted molar refractivity (Wildman–Crippen MR) is 371 cm³/mol. The smallest absolute Gasteiger partial charge is 0.410 e. The van der Waals surface area contributed by atoms with Gasteiger partial charge in [-0.2, -0.15) is 0 Å². The standard InChI is InChI=1S/C29H34N4O3.C24H26N4O.C22H27N3O4/c1-29(2,3)36-28(35)33-14-12-32(13-15-33)25-11-10-20-16-24(31-18-22(20)27(25)19-8-9-19)26(34)17-21-6-4-5-7-23(21)30;25-20-4-2-1-3-18(20)14-23(29)21-13-17-7-8-22(28-11-9-26-10-12-28)24(16-5-6-16)19(17)15-27-21;1-22(2,3)29-21(28)25-10-8-24(9-11-25)18-7-6-15-12-17(20(26)27)23-13-16(15)19(18)14-4-5-14/h4-7,10-11,16,18-19H,8-9,12-15,17,30H2,1-3H3;1-4,7-8,13,15-16,26H,5-6,9-12,14,25H2;6-7,12-14H,4-5,8-11H2,1-3H3,(H,26,27). The van der Waals surface area contributed by atoms with Crippen molar-refractivity contribution in [3.63, 3.8) is 0 Å². The molecule has 0 unspecified atom stereocenters. The van der Waals surface area contributed by atoms with Crippen molar-refractivity contribution < 1.29 is 38.6 Å². The maximum absolute atomic E-state index is 13.0. The molecule has 6 fully saturated rings. The number of aromatic carboxylic acids is 1. The van der Waals surface area contributed by atoms with Crippen LogP contribution in [-0.4, -0.2) is 149 Å². The molecule has 94 heavy (non-hydrogen) atoms. The number of pyridine rings is 3. The van der Waals surface area contributed by atoms with Crippen molar-refractivity contribution in [2.24, 2.45) is 0 Å². The second kappa shape index (κ2) is 27.3. The maximum Gasteiger partial charge on any atom is 0.410 e. The van der Waals surface area contributed by atoms with Crippen molar-refractivity contribution in [2.45, 2.75) is 122 Å². The lowest BCUT2D eigenvalue weighted by atomic mass is 9.97. The number of carboxylic acid groups (broad SMARTS) is 1. The van der Waals surface area contributed by atoms with E-state index in [2.05, 4.69) is 65.3 Å². The lowest BCUT2D eigenvalue weighted by Gasteiger charge is -2.37. The van der Waals surface area contributed by atoms with Crippen LogP contribution < -0.4 is 31.5 Å². The molecule has 0 atom stereocenters. The largest absolute Gasteiger partial charge is 0.477 e. The second-order valence-corrected chi connectivity index (χ2v) is 27.7. The number of carbonyl (C=O) groups is 5. The number of anilines is 5. The van der Waals surface area contributed by atoms with Crippen LogP contribution in [0.3, 0.4) is 0 Å². The summed E-state index contributed by atoms with van der Waals surface area (Å²) >= 11 is 0. The Balaban J connectivity index is 0.000000136. The fraction of sp³-hybridized carbons (Fsp3) is 0.413. The van der Waals surface area contributed by atoms with Crippen LogP contribution in [0.5, 0.6) is 0 Å². The third-order valence-corrected chi connectivity index (χ3v) is 18.3. The van der Waals surface area contributed by atoms with Crippen LogP contribution in [0, 0.1) is 0 Å². The number of amides is 2. The number of nitrogens with zero attached hydrogens (tertiary/aromatic N) is 8. The number of ketones is 2. The number of aromatic nitrogens is 3. The monoisotopic (exact) mass is 1270 g/mol. The topological polar surface area (TPSA) is 243 Å². The first kappa shape index (κ1) is 64.7. The minimum atomic E-state index is -1.01. The van der Waals surface area contributed by atoms with E-state index in [4.69, 9.17) is 20.9 Å². The number of benzene rings is 5. The van der Waals surface area contributed by atoms with Gasteiger partial charge in [0.1, 0.15) is 28.3 Å². The molecule has 19 heteroatoms. The van der Waals surface area contributed by atoms with Gasteiger partial charge in [-0.3, -0.25) is 19.6 Å². The molecule has 3 saturated carbocycles. The van der Waals surface area contributed by atoms with Crippen molar-refractivity contribution in [1.82, 2.24) is 30.1 Å². The summed E-state index contributed by atoms with van der Waals surface area (Å²) in [5, 5.41) is 19.0. The van der Waals surface area contributed by atoms with Gasteiger partial charge in [0.15, 0.2) is 11.6 Å². The Morgan fingerprint density at radius 2 is 0.798 bits per heavy atom. The predicted octanol–water partition coefficient (Wildman–Crippen LogP) is 12.6. The summed E-state index contributed by atoms with van der Waals surface area (Å²) in [4.78, 5) is 85.9. The SMILES string of the molecule is CC(C)(C)OC(=O)N1CCN(c2ccc3cc(C(=O)Cc4ccccc4N)ncc3c2C2CC2)CC1.CC(C)(C)OC(=O)N1CCN(c2ccc3cc(C(=O)O)ncc3c2C2CC2)CC1.Nc1ccccc1CC(=O)c1cc2ccc(N3CCNCC3)c(C3CC3)c2cn1. The van der Waals surface area contributed by atoms with Crippen LogP contribution in [0.4, 0.5) is 38.0 Å². The first-order valence-corrected chi connectivity index (χ1v) is 33.3. The molecule has 6 aliphatic rings. The Labute approximate surface area is 549 Å². The molecule has 0 bridgehead atoms. The third kappa shape index (κ3) is 15.3. The Morgan fingerprint density at radius 1 is 0.468 bits per heavy atom. The minimum Gasteiger partial charge on any atom is -0.477 e. The molecule has 6 N–H and O–H groups in total. The number of nitrogens with two attached hydrogens (primary N) is 2. The zero-order chi connectivity index (χ0) is 66.0. The van der Waals surface area contributed by atoms with Crippen LogP contribution in [0.1, 0.15) is 157 Å². The average molecular weight is 1270 g/mol. The van der Waals surface area contributed by atoms with E-state index in [9.17, 15) is 29.1 Å². The molecule has 490 valence electrons. The van der Waals surface area contributed by atoms with Crippen molar-refractivity contribution in [3.05, 3.63) is 167 Å². The zero-order valence-electron chi connectivity index (χ0n) is 55.0. The van der Waals surface area contributed by atoms with Crippen LogP contribution in [-0.2, 0) is 22.3 Å². The average Bonchev–Trinajstić information content (AvgIpc) is 1.76. The van der Waals surface area contributed by atoms with E-state index >= 15 is 0 Å². The number of carbonyl (C=O) groups excluding carboxylic acids is 4. The number of fused-ring (bicyclic) bond motifs is 3. The van der Waals surface area contributed by atoms with Gasteiger partial charge in [-0.15, -0.1) is 0 Å². The number of ether oxygens (including phenoxy) is 2. The van der Waals surface area contributed by atoms with Crippen LogP contribution in [0.25, 0.3) is 32.3 Å². The minimum absolute atomic E-state index is 0.00366. The number of nitrogen functional groups attached to an aromatic ring is 2. The Bertz CT molecular complexity index is 4170. The highest BCUT2D eigenvalue weighted by Gasteiger charge is 2.36. The number of rotatable bonds is 13. The van der Waals surface area contributed by atoms with Crippen LogP contribution >= 0.6 is 0 Å². The normalized spacial score (nSPS) is 16.9. The number of nitrogens with one attached hydrogen (secondary N) is 1. The van der Waals surface area contributed by atoms with E-state index in [0.717, 1.165) is 116 Å². The fourth-order valence-electron chi connectivity index (χ4n) is 13.1. The van der Waals surface area contributed by atoms with Gasteiger partial charge in [-0.1, -0.05) is 54.6 Å². The van der Waals surface area contributed by atoms with Gasteiger partial charge in [0.25, 0.3) is 0 Å². The second-order valence-electron chi connectivity index (χ2n) is 27.7. The quantitative estimate of drug-likeness (QED) is 0.0619. The zero-order valence-corrected chi connectivity index (χ0v) is 55.0. The molecule has 14 rings (SSSR count). The number of hydrogen-bond donors (Lipinski definition) is 4. The highest BCUT2D eigenvalue weighted by molar-refractivity contribution is 6.02. The molecule has 6 heterocycles. The van der Waals surface area contributed by atoms with Gasteiger partial charge in [0, 0.05) is 155 Å². The Kier molecular flexibility index (Phi) is 18.8. The summed E-state index contributed by atoms with van der Waals surface area (Å²) in [6.07, 6.45) is 12.6. The van der Waals surface area contributed by atoms with E-state index in [1.54, 1.807) is 22.1 Å². The molecule has 3 aromatic heterocycles. The molecule has 3 aliphatic carbocycles. The number of piperazine rings is 3. The first-order chi connectivity index (χ1) is 45.1. The molecule has 3 saturated heterocycles. The van der Waals surface area contributed by atoms with Crippen molar-refractivity contribution in [2.75, 3.05) is 105 Å². The van der Waals surface area contributed by atoms with E-state index in [1.807, 2.05) is 121 Å². The highest BCUT2D eigenvalue weighted by Crippen LogP contribution is 2.50. The van der Waals surface area contributed by atoms with E-state index in [1.165, 1.54) is 52.0 Å². The molecular weight excluding hydrogens is 1180 g/mol. The van der Waals surface area contributed by atoms with Gasteiger partial charge in [-0.05, 0) is 190 Å². The van der Waals surface area contributed by atoms with Gasteiger partial charge < -0.3 is 55.9 Å². The van der Waals surface area contributed by atoms with Crippen molar-refractivity contribution >= 4 is 90.5 Å². The number of para-hydroxylation sites is 2. The van der Waals surface area contributed by atoms with Gasteiger partial charge >= 0.3 is 18.2 Å². The summed E-state index contributed by atoms with van der Waals surface area (Å²) in [6.45, 7) is 20.9. The molecule has 3 aliphatic heterocycles. The summed E-state index contributed by atoms with van der Waals surface area (Å²) in [7, 11) is 0. The molecule has 19 nitrogen and oxygen atoms in total. The number of hydrogen-bond acceptors (Lipinski definition) is 16. The van der Waals surface area contributed by atoms with Crippen LogP contribution in [0.2, 0.25) is 0 Å². The van der Waals surface area contributed by atoms with Crippen molar-refractivity contribution in [3.8, 4) is 0 Å². The maximum atomic E-state index is 13.0. The molecule has 0 spiro atoms. The van der Waals surface area contributed by atoms with E-state index in [-0.39, 0.29) is 42.3 Å². The lowest BCUT2D eigenvalue weighted by molar-refractivity contribution is 0.0230. The highest BCUT2D eigenvalue weighted by atomic mass is 16.6. The van der Waals surface area contributed by atoms with Gasteiger partial charge in [-0.25, -0.2) is 19.4 Å².